The van der Waals surface area contributed by atoms with E-state index in [1.54, 1.807) is 0 Å². The summed E-state index contributed by atoms with van der Waals surface area (Å²) in [4.78, 5) is 11.9. The predicted octanol–water partition coefficient (Wildman–Crippen LogP) is 2.81. The summed E-state index contributed by atoms with van der Waals surface area (Å²) >= 11 is 0. The number of nitrogens with one attached hydrogen (secondary N) is 1. The Morgan fingerprint density at radius 2 is 1.75 bits per heavy atom. The van der Waals surface area contributed by atoms with Crippen LogP contribution in [0.5, 0.6) is 11.6 Å². The lowest BCUT2D eigenvalue weighted by molar-refractivity contribution is 0.107. The summed E-state index contributed by atoms with van der Waals surface area (Å²) in [5.74, 6) is 2.40. The second-order valence-corrected chi connectivity index (χ2v) is 7.28. The van der Waals surface area contributed by atoms with Crippen molar-refractivity contribution in [1.29, 1.82) is 0 Å². The summed E-state index contributed by atoms with van der Waals surface area (Å²) in [5.41, 5.74) is 3.02. The number of piperazine rings is 1. The molecule has 1 atom stereocenters. The lowest BCUT2D eigenvalue weighted by Crippen LogP contribution is -2.44. The molecular formula is C22H24N4O2. The molecule has 6 heteroatoms. The SMILES string of the molecule is c1ccc2c(c1)CCC(COc1nc3ccccc3nc1N1CCNCC1)O2. The van der Waals surface area contributed by atoms with E-state index in [-0.39, 0.29) is 6.10 Å². The molecule has 2 aliphatic heterocycles. The molecule has 2 aliphatic rings. The van der Waals surface area contributed by atoms with Crippen LogP contribution in [0.4, 0.5) is 5.82 Å². The number of nitrogens with zero attached hydrogens (tertiary/aromatic N) is 3. The Morgan fingerprint density at radius 3 is 2.61 bits per heavy atom. The van der Waals surface area contributed by atoms with Gasteiger partial charge in [0.05, 0.1) is 11.0 Å². The van der Waals surface area contributed by atoms with Gasteiger partial charge in [-0.15, -0.1) is 0 Å². The van der Waals surface area contributed by atoms with Crippen LogP contribution in [0, 0.1) is 0 Å². The number of rotatable bonds is 4. The van der Waals surface area contributed by atoms with Gasteiger partial charge < -0.3 is 19.7 Å². The molecule has 28 heavy (non-hydrogen) atoms. The number of hydrogen-bond donors (Lipinski definition) is 1. The van der Waals surface area contributed by atoms with Gasteiger partial charge in [-0.2, -0.15) is 0 Å². The van der Waals surface area contributed by atoms with E-state index in [9.17, 15) is 0 Å². The van der Waals surface area contributed by atoms with Gasteiger partial charge >= 0.3 is 0 Å². The summed E-state index contributed by atoms with van der Waals surface area (Å²) in [6.45, 7) is 4.15. The summed E-state index contributed by atoms with van der Waals surface area (Å²) in [6.07, 6.45) is 1.98. The van der Waals surface area contributed by atoms with Gasteiger partial charge in [0.15, 0.2) is 5.82 Å². The van der Waals surface area contributed by atoms with Crippen molar-refractivity contribution in [2.75, 3.05) is 37.7 Å². The molecule has 0 radical (unpaired) electrons. The summed E-state index contributed by atoms with van der Waals surface area (Å²) in [5, 5.41) is 3.38. The van der Waals surface area contributed by atoms with E-state index in [0.717, 1.165) is 61.6 Å². The topological polar surface area (TPSA) is 59.5 Å². The van der Waals surface area contributed by atoms with Crippen molar-refractivity contribution in [1.82, 2.24) is 15.3 Å². The molecule has 1 unspecified atom stereocenters. The Balaban J connectivity index is 1.38. The molecule has 0 saturated carbocycles. The first-order valence-corrected chi connectivity index (χ1v) is 9.96. The van der Waals surface area contributed by atoms with E-state index in [4.69, 9.17) is 19.4 Å². The predicted molar refractivity (Wildman–Crippen MR) is 109 cm³/mol. The van der Waals surface area contributed by atoms with Gasteiger partial charge in [-0.05, 0) is 36.6 Å². The molecule has 3 aromatic rings. The average molecular weight is 376 g/mol. The van der Waals surface area contributed by atoms with Crippen LogP contribution >= 0.6 is 0 Å². The van der Waals surface area contributed by atoms with E-state index in [1.165, 1.54) is 5.56 Å². The quantitative estimate of drug-likeness (QED) is 0.756. The minimum Gasteiger partial charge on any atom is -0.487 e. The van der Waals surface area contributed by atoms with E-state index >= 15 is 0 Å². The molecule has 0 amide bonds. The van der Waals surface area contributed by atoms with Gasteiger partial charge in [0.25, 0.3) is 5.88 Å². The van der Waals surface area contributed by atoms with Gasteiger partial charge in [0.2, 0.25) is 0 Å². The van der Waals surface area contributed by atoms with Crippen LogP contribution < -0.4 is 19.7 Å². The smallest absolute Gasteiger partial charge is 0.258 e. The van der Waals surface area contributed by atoms with Crippen molar-refractivity contribution in [2.24, 2.45) is 0 Å². The molecule has 0 bridgehead atoms. The Morgan fingerprint density at radius 1 is 1.00 bits per heavy atom. The fraction of sp³-hybridized carbons (Fsp3) is 0.364. The molecule has 144 valence electrons. The standard InChI is InChI=1S/C22H24N4O2/c1-4-8-20-16(5-1)9-10-17(28-20)15-27-22-21(26-13-11-23-12-14-26)24-18-6-2-3-7-19(18)25-22/h1-8,17,23H,9-15H2. The molecular weight excluding hydrogens is 352 g/mol. The van der Waals surface area contributed by atoms with Gasteiger partial charge in [-0.3, -0.25) is 0 Å². The number of anilines is 1. The number of ether oxygens (including phenoxy) is 2. The molecule has 1 saturated heterocycles. The largest absolute Gasteiger partial charge is 0.487 e. The summed E-state index contributed by atoms with van der Waals surface area (Å²) in [7, 11) is 0. The fourth-order valence-corrected chi connectivity index (χ4v) is 3.82. The third-order valence-corrected chi connectivity index (χ3v) is 5.35. The average Bonchev–Trinajstić information content (AvgIpc) is 2.77. The van der Waals surface area contributed by atoms with Gasteiger partial charge in [-0.25, -0.2) is 9.97 Å². The highest BCUT2D eigenvalue weighted by Gasteiger charge is 2.23. The molecule has 1 aromatic heterocycles. The summed E-state index contributed by atoms with van der Waals surface area (Å²) in [6, 6.07) is 16.2. The zero-order chi connectivity index (χ0) is 18.8. The van der Waals surface area contributed by atoms with Crippen LogP contribution in [0.2, 0.25) is 0 Å². The minimum atomic E-state index is 0.0269. The number of benzene rings is 2. The Labute approximate surface area is 164 Å². The van der Waals surface area contributed by atoms with E-state index < -0.39 is 0 Å². The monoisotopic (exact) mass is 376 g/mol. The van der Waals surface area contributed by atoms with Crippen LogP contribution in [0.3, 0.4) is 0 Å². The van der Waals surface area contributed by atoms with Gasteiger partial charge in [-0.1, -0.05) is 30.3 Å². The molecule has 2 aromatic carbocycles. The molecule has 6 nitrogen and oxygen atoms in total. The van der Waals surface area contributed by atoms with E-state index in [1.807, 2.05) is 36.4 Å². The van der Waals surface area contributed by atoms with E-state index in [2.05, 4.69) is 22.3 Å². The Bertz CT molecular complexity index is 972. The van der Waals surface area contributed by atoms with Crippen molar-refractivity contribution in [3.05, 3.63) is 54.1 Å². The van der Waals surface area contributed by atoms with Gasteiger partial charge in [0, 0.05) is 26.2 Å². The Hall–Kier alpha value is -2.86. The van der Waals surface area contributed by atoms with Crippen LogP contribution in [-0.4, -0.2) is 48.9 Å². The Kier molecular flexibility index (Phi) is 4.71. The maximum absolute atomic E-state index is 6.19. The first-order valence-electron chi connectivity index (χ1n) is 9.96. The molecule has 1 fully saturated rings. The van der Waals surface area contributed by atoms with Crippen LogP contribution in [0.15, 0.2) is 48.5 Å². The highest BCUT2D eigenvalue weighted by atomic mass is 16.5. The zero-order valence-electron chi connectivity index (χ0n) is 15.8. The second kappa shape index (κ2) is 7.64. The fourth-order valence-electron chi connectivity index (χ4n) is 3.82. The lowest BCUT2D eigenvalue weighted by atomic mass is 10.0. The van der Waals surface area contributed by atoms with Crippen molar-refractivity contribution in [3.63, 3.8) is 0 Å². The maximum atomic E-state index is 6.19. The molecule has 5 rings (SSSR count). The molecule has 1 N–H and O–H groups in total. The highest BCUT2D eigenvalue weighted by molar-refractivity contribution is 5.77. The highest BCUT2D eigenvalue weighted by Crippen LogP contribution is 2.30. The number of aromatic nitrogens is 2. The number of fused-ring (bicyclic) bond motifs is 2. The van der Waals surface area contributed by atoms with Crippen molar-refractivity contribution in [2.45, 2.75) is 18.9 Å². The summed E-state index contributed by atoms with van der Waals surface area (Å²) < 4.78 is 12.3. The van der Waals surface area contributed by atoms with E-state index in [0.29, 0.717) is 12.5 Å². The molecule has 3 heterocycles. The van der Waals surface area contributed by atoms with Crippen LogP contribution in [0.25, 0.3) is 11.0 Å². The third kappa shape index (κ3) is 3.47. The van der Waals surface area contributed by atoms with Crippen molar-refractivity contribution < 1.29 is 9.47 Å². The third-order valence-electron chi connectivity index (χ3n) is 5.35. The molecule has 0 aliphatic carbocycles. The second-order valence-electron chi connectivity index (χ2n) is 7.28. The first kappa shape index (κ1) is 17.3. The number of para-hydroxylation sites is 3. The van der Waals surface area contributed by atoms with Crippen molar-refractivity contribution >= 4 is 16.9 Å². The van der Waals surface area contributed by atoms with Crippen molar-refractivity contribution in [3.8, 4) is 11.6 Å². The first-order chi connectivity index (χ1) is 13.9. The van der Waals surface area contributed by atoms with Crippen LogP contribution in [-0.2, 0) is 6.42 Å². The zero-order valence-corrected chi connectivity index (χ0v) is 15.8. The normalized spacial score (nSPS) is 19.1. The minimum absolute atomic E-state index is 0.0269. The lowest BCUT2D eigenvalue weighted by Gasteiger charge is -2.30. The van der Waals surface area contributed by atoms with Crippen LogP contribution in [0.1, 0.15) is 12.0 Å². The maximum Gasteiger partial charge on any atom is 0.258 e. The number of hydrogen-bond acceptors (Lipinski definition) is 6. The van der Waals surface area contributed by atoms with Gasteiger partial charge in [0.1, 0.15) is 18.5 Å². The number of aryl methyl sites for hydroxylation is 1. The molecule has 0 spiro atoms.